The van der Waals surface area contributed by atoms with Gasteiger partial charge in [0.15, 0.2) is 6.10 Å². The van der Waals surface area contributed by atoms with E-state index in [4.69, 9.17) is 9.47 Å². The molecule has 3 heteroatoms. The average Bonchev–Trinajstić information content (AvgIpc) is 2.04. The lowest BCUT2D eigenvalue weighted by Crippen LogP contribution is -2.37. The molecule has 0 radical (unpaired) electrons. The number of cyclic esters (lactones) is 1. The Hall–Kier alpha value is -1.09. The molecule has 1 heterocycles. The highest BCUT2D eigenvalue weighted by atomic mass is 16.6. The highest BCUT2D eigenvalue weighted by Gasteiger charge is 2.26. The molecule has 11 heavy (non-hydrogen) atoms. The van der Waals surface area contributed by atoms with E-state index in [1.54, 1.807) is 0 Å². The van der Waals surface area contributed by atoms with Crippen molar-refractivity contribution in [2.75, 3.05) is 6.61 Å². The highest BCUT2D eigenvalue weighted by Crippen LogP contribution is 2.09. The number of hydrogen-bond donors (Lipinski definition) is 0. The molecule has 1 aliphatic rings. The van der Waals surface area contributed by atoms with Crippen LogP contribution >= 0.6 is 0 Å². The van der Waals surface area contributed by atoms with Crippen LogP contribution in [0.5, 0.6) is 0 Å². The van der Waals surface area contributed by atoms with Crippen molar-refractivity contribution in [2.45, 2.75) is 12.2 Å². The molecule has 0 bridgehead atoms. The van der Waals surface area contributed by atoms with Gasteiger partial charge in [-0.25, -0.2) is 4.79 Å². The van der Waals surface area contributed by atoms with Crippen molar-refractivity contribution in [3.63, 3.8) is 0 Å². The fourth-order valence-electron chi connectivity index (χ4n) is 0.797. The minimum absolute atomic E-state index is 0.307. The maximum Gasteiger partial charge on any atom is 0.339 e. The average molecular weight is 154 g/mol. The van der Waals surface area contributed by atoms with Crippen LogP contribution in [0, 0.1) is 0 Å². The molecule has 0 aliphatic carbocycles. The summed E-state index contributed by atoms with van der Waals surface area (Å²) in [6.45, 7) is 7.29. The third-order valence-electron chi connectivity index (χ3n) is 1.42. The van der Waals surface area contributed by atoms with E-state index in [9.17, 15) is 4.79 Å². The Morgan fingerprint density at radius 2 is 2.18 bits per heavy atom. The summed E-state index contributed by atoms with van der Waals surface area (Å²) in [5, 5.41) is 0. The van der Waals surface area contributed by atoms with Gasteiger partial charge in [0.25, 0.3) is 0 Å². The molecule has 0 aromatic carbocycles. The third-order valence-corrected chi connectivity index (χ3v) is 1.42. The predicted octanol–water partition coefficient (Wildman–Crippen LogP) is 0.669. The normalized spacial score (nSPS) is 30.7. The van der Waals surface area contributed by atoms with Gasteiger partial charge in [0, 0.05) is 0 Å². The van der Waals surface area contributed by atoms with E-state index < -0.39 is 12.1 Å². The molecular weight excluding hydrogens is 144 g/mol. The molecule has 3 nitrogen and oxygen atoms in total. The molecule has 0 spiro atoms. The summed E-state index contributed by atoms with van der Waals surface area (Å²) in [6.07, 6.45) is 2.05. The lowest BCUT2D eigenvalue weighted by atomic mass is 10.3. The second-order valence-corrected chi connectivity index (χ2v) is 2.20. The van der Waals surface area contributed by atoms with Crippen molar-refractivity contribution in [3.05, 3.63) is 25.3 Å². The van der Waals surface area contributed by atoms with Gasteiger partial charge in [-0.15, -0.1) is 0 Å². The zero-order valence-corrected chi connectivity index (χ0v) is 6.16. The zero-order valence-electron chi connectivity index (χ0n) is 6.16. The molecule has 1 aliphatic heterocycles. The van der Waals surface area contributed by atoms with E-state index in [0.717, 1.165) is 0 Å². The number of esters is 1. The fourth-order valence-corrected chi connectivity index (χ4v) is 0.797. The molecule has 1 fully saturated rings. The van der Waals surface area contributed by atoms with Crippen LogP contribution in [0.2, 0.25) is 0 Å². The summed E-state index contributed by atoms with van der Waals surface area (Å²) in [6, 6.07) is 0. The van der Waals surface area contributed by atoms with Crippen molar-refractivity contribution >= 4 is 5.97 Å². The first-order valence-electron chi connectivity index (χ1n) is 3.35. The topological polar surface area (TPSA) is 35.5 Å². The van der Waals surface area contributed by atoms with Gasteiger partial charge in [-0.3, -0.25) is 0 Å². The first kappa shape index (κ1) is 8.01. The molecule has 1 saturated heterocycles. The SMILES string of the molecule is C=CC1COC(C=C)C(=O)O1. The van der Waals surface area contributed by atoms with Gasteiger partial charge < -0.3 is 9.47 Å². The van der Waals surface area contributed by atoms with Crippen LogP contribution in [0.1, 0.15) is 0 Å². The largest absolute Gasteiger partial charge is 0.454 e. The van der Waals surface area contributed by atoms with Crippen LogP contribution in [0.15, 0.2) is 25.3 Å². The van der Waals surface area contributed by atoms with E-state index in [1.165, 1.54) is 12.2 Å². The van der Waals surface area contributed by atoms with Gasteiger partial charge in [-0.05, 0) is 6.08 Å². The van der Waals surface area contributed by atoms with Gasteiger partial charge in [-0.1, -0.05) is 19.2 Å². The molecule has 0 N–H and O–H groups in total. The van der Waals surface area contributed by atoms with Crippen molar-refractivity contribution in [2.24, 2.45) is 0 Å². The van der Waals surface area contributed by atoms with Crippen molar-refractivity contribution < 1.29 is 14.3 Å². The smallest absolute Gasteiger partial charge is 0.339 e. The second kappa shape index (κ2) is 3.34. The van der Waals surface area contributed by atoms with Gasteiger partial charge in [0.1, 0.15) is 6.10 Å². The molecule has 60 valence electrons. The molecule has 0 amide bonds. The quantitative estimate of drug-likeness (QED) is 0.433. The van der Waals surface area contributed by atoms with Crippen LogP contribution < -0.4 is 0 Å². The van der Waals surface area contributed by atoms with Gasteiger partial charge in [0.05, 0.1) is 6.61 Å². The van der Waals surface area contributed by atoms with Crippen LogP contribution in [0.3, 0.4) is 0 Å². The Bertz CT molecular complexity index is 186. The van der Waals surface area contributed by atoms with E-state index in [0.29, 0.717) is 6.61 Å². The molecule has 0 aromatic heterocycles. The van der Waals surface area contributed by atoms with Gasteiger partial charge >= 0.3 is 5.97 Å². The summed E-state index contributed by atoms with van der Waals surface area (Å²) < 4.78 is 9.96. The summed E-state index contributed by atoms with van der Waals surface area (Å²) >= 11 is 0. The molecule has 2 atom stereocenters. The van der Waals surface area contributed by atoms with Crippen molar-refractivity contribution in [1.29, 1.82) is 0 Å². The van der Waals surface area contributed by atoms with E-state index >= 15 is 0 Å². The van der Waals surface area contributed by atoms with Crippen LogP contribution in [-0.4, -0.2) is 24.8 Å². The lowest BCUT2D eigenvalue weighted by Gasteiger charge is -2.24. The molecular formula is C8H10O3. The van der Waals surface area contributed by atoms with E-state index in [1.807, 2.05) is 0 Å². The van der Waals surface area contributed by atoms with Crippen molar-refractivity contribution in [3.8, 4) is 0 Å². The fraction of sp³-hybridized carbons (Fsp3) is 0.375. The monoisotopic (exact) mass is 154 g/mol. The zero-order chi connectivity index (χ0) is 8.27. The first-order chi connectivity index (χ1) is 5.27. The van der Waals surface area contributed by atoms with Crippen molar-refractivity contribution in [1.82, 2.24) is 0 Å². The standard InChI is InChI=1S/C8H10O3/c1-3-6-5-10-7(4-2)8(9)11-6/h3-4,6-7H,1-2,5H2. The van der Waals surface area contributed by atoms with Crippen LogP contribution in [0.25, 0.3) is 0 Å². The number of carbonyl (C=O) groups excluding carboxylic acids is 1. The second-order valence-electron chi connectivity index (χ2n) is 2.20. The Labute approximate surface area is 65.3 Å². The van der Waals surface area contributed by atoms with E-state index in [2.05, 4.69) is 13.2 Å². The summed E-state index contributed by atoms with van der Waals surface area (Å²) in [4.78, 5) is 10.9. The predicted molar refractivity (Wildman–Crippen MR) is 40.0 cm³/mol. The summed E-state index contributed by atoms with van der Waals surface area (Å²) in [7, 11) is 0. The Balaban J connectivity index is 2.53. The Morgan fingerprint density at radius 3 is 2.64 bits per heavy atom. The number of carbonyl (C=O) groups is 1. The number of rotatable bonds is 2. The van der Waals surface area contributed by atoms with Crippen LogP contribution in [0.4, 0.5) is 0 Å². The van der Waals surface area contributed by atoms with Crippen LogP contribution in [-0.2, 0) is 14.3 Å². The molecule has 0 aromatic rings. The molecule has 2 unspecified atom stereocenters. The van der Waals surface area contributed by atoms with E-state index in [-0.39, 0.29) is 6.10 Å². The van der Waals surface area contributed by atoms with Gasteiger partial charge in [-0.2, -0.15) is 0 Å². The van der Waals surface area contributed by atoms with Gasteiger partial charge in [0.2, 0.25) is 0 Å². The highest BCUT2D eigenvalue weighted by molar-refractivity contribution is 5.77. The Kier molecular flexibility index (Phi) is 2.44. The summed E-state index contributed by atoms with van der Waals surface area (Å²) in [5.74, 6) is -0.392. The number of hydrogen-bond acceptors (Lipinski definition) is 3. The molecule has 1 rings (SSSR count). The number of ether oxygens (including phenoxy) is 2. The minimum Gasteiger partial charge on any atom is -0.454 e. The minimum atomic E-state index is -0.605. The maximum absolute atomic E-state index is 10.9. The third kappa shape index (κ3) is 1.68. The summed E-state index contributed by atoms with van der Waals surface area (Å²) in [5.41, 5.74) is 0. The first-order valence-corrected chi connectivity index (χ1v) is 3.35. The lowest BCUT2D eigenvalue weighted by molar-refractivity contribution is -0.173. The Morgan fingerprint density at radius 1 is 1.45 bits per heavy atom. The maximum atomic E-state index is 10.9. The molecule has 0 saturated carbocycles.